The van der Waals surface area contributed by atoms with E-state index in [2.05, 4.69) is 398 Å². The van der Waals surface area contributed by atoms with Crippen molar-refractivity contribution in [3.05, 3.63) is 353 Å². The first-order valence-electron chi connectivity index (χ1n) is 42.0. The molecule has 0 saturated carbocycles. The molecule has 2 saturated heterocycles. The largest absolute Gasteiger partial charge is 1.00 e. The standard InChI is InChI=1S/C23H18Br2.C16H13BrO.C15H12BrI.C15H19NSi.C9H12BrOP.C9H13BrSi.C6H7N.2C4H8O.C4H9O.2CH2O.K/c1-23(2)21-13-16(4-3-15-5-8-17(24)9-6-15)7-11-19(21)20-12-10-18(25)14-22(20)23;1-16(2)14-7-10(9-18)3-5-12(14)13-6-4-11(17)8-15(13)16;1-15(2)13-7-9(16)3-5-11(13)12-6-4-10(17)8-14(12)15;1-17(2,3)15-11-9-14(10-12-15)16-13-7-5-4-6-8-13;1-12(2,11)7-8-3-5-9(10)6-4-8;1-11(2,3)9-6-4-8(10)5-7-9;7-6-4-2-1-3-5-6;2*1-2-4-5-3-1;1-4(2,3)5;2*1-2;/h3-14H,1-2H3;3-9H,1-2H3;3-8H,1-2H3;4-12,16H,1-3H3;3-6H,7H2,1-2H3;4-7H,1-3H3;1-5H,7H2;2*1-4H2;1-3H3;2*1H2;/q;;;;;;;;;-1;;;+1/b4-3+;;;;;;;;;;;;. The van der Waals surface area contributed by atoms with E-state index in [-0.39, 0.29) is 67.6 Å². The van der Waals surface area contributed by atoms with E-state index in [9.17, 15) is 14.5 Å². The third-order valence-corrected chi connectivity index (χ3v) is 29.8. The van der Waals surface area contributed by atoms with Gasteiger partial charge in [-0.2, -0.15) is 0 Å². The number of nitrogens with one attached hydrogen (secondary N) is 1. The van der Waals surface area contributed by atoms with Gasteiger partial charge in [0.2, 0.25) is 0 Å². The Labute approximate surface area is 867 Å². The second-order valence-corrected chi connectivity index (χ2v) is 56.2. The Bertz CT molecular complexity index is 5410. The summed E-state index contributed by atoms with van der Waals surface area (Å²) in [5, 5.41) is 16.5. The van der Waals surface area contributed by atoms with E-state index in [1.807, 2.05) is 112 Å². The van der Waals surface area contributed by atoms with Crippen LogP contribution in [0.5, 0.6) is 0 Å². The van der Waals surface area contributed by atoms with Crippen LogP contribution >= 0.6 is 125 Å². The number of ether oxygens (including phenoxy) is 2. The van der Waals surface area contributed by atoms with Gasteiger partial charge in [0.15, 0.2) is 0 Å². The fourth-order valence-electron chi connectivity index (χ4n) is 14.3. The molecule has 5 aliphatic rings. The molecular formula is C107H123Br6IKN2O7PSi2. The van der Waals surface area contributed by atoms with Crippen molar-refractivity contribution in [1.29, 1.82) is 0 Å². The SMILES string of the molecule is C1CCOC1.C1CCOC1.C=O.C=O.CC(C)(C)[O-].CC1(C)c2cc(Br)ccc2-c2ccc(/C=C/c3ccc(Br)cc3)cc21.CC1(C)c2cc(Br)ccc2-c2ccc(C=O)cc21.CC1(C)c2cc(Br)ccc2-c2ccc(I)cc21.CP(C)(=O)Cc1ccc(Br)cc1.C[Si](C)(C)c1ccc(Br)cc1.C[Si](C)(C)c1ccc(Nc2ccccc2)cc1.Nc1ccccc1.[K+]. The number of nitrogens with two attached hydrogens (primary N) is 1. The monoisotopic (exact) mass is 2270 g/mol. The number of carbonyl (C=O) groups is 3. The number of para-hydroxylation sites is 2. The summed E-state index contributed by atoms with van der Waals surface area (Å²) in [6.45, 7) is 44.3. The van der Waals surface area contributed by atoms with Gasteiger partial charge in [-0.25, -0.2) is 0 Å². The van der Waals surface area contributed by atoms with Gasteiger partial charge in [0.05, 0.1) is 23.3 Å². The molecule has 12 aromatic carbocycles. The van der Waals surface area contributed by atoms with Crippen LogP contribution in [-0.2, 0) is 46.0 Å². The van der Waals surface area contributed by atoms with Gasteiger partial charge in [-0.05, 0) is 272 Å². The number of aldehydes is 1. The molecule has 2 heterocycles. The smallest absolute Gasteiger partial charge is 0.850 e. The summed E-state index contributed by atoms with van der Waals surface area (Å²) in [6, 6.07) is 92.7. The van der Waals surface area contributed by atoms with Crippen molar-refractivity contribution in [2.75, 3.05) is 50.8 Å². The molecule has 0 aromatic heterocycles. The van der Waals surface area contributed by atoms with E-state index in [1.54, 1.807) is 20.8 Å². The number of fused-ring (bicyclic) bond motifs is 9. The molecule has 17 rings (SSSR count). The fraction of sp³-hybridized carbons (Fsp3) is 0.280. The minimum atomic E-state index is -1.92. The number of hydrogen-bond acceptors (Lipinski definition) is 9. The predicted molar refractivity (Wildman–Crippen MR) is 575 cm³/mol. The van der Waals surface area contributed by atoms with Crippen LogP contribution in [0, 0.1) is 3.57 Å². The molecule has 0 amide bonds. The van der Waals surface area contributed by atoms with Gasteiger partial charge in [0.25, 0.3) is 0 Å². The Kier molecular flexibility index (Phi) is 47.4. The van der Waals surface area contributed by atoms with Gasteiger partial charge in [-0.1, -0.05) is 359 Å². The van der Waals surface area contributed by atoms with Crippen LogP contribution in [0.25, 0.3) is 45.5 Å². The average Bonchev–Trinajstić information content (AvgIpc) is 1.59. The Morgan fingerprint density at radius 1 is 0.417 bits per heavy atom. The molecule has 20 heteroatoms. The zero-order valence-corrected chi connectivity index (χ0v) is 94.6. The van der Waals surface area contributed by atoms with Crippen LogP contribution in [0.4, 0.5) is 17.1 Å². The Hall–Kier alpha value is -5.22. The molecule has 3 aliphatic carbocycles. The summed E-state index contributed by atoms with van der Waals surface area (Å²) in [7, 11) is -4.17. The molecule has 9 nitrogen and oxygen atoms in total. The van der Waals surface area contributed by atoms with E-state index in [4.69, 9.17) is 24.8 Å². The zero-order valence-electron chi connectivity index (χ0n) is 76.9. The van der Waals surface area contributed by atoms with Crippen molar-refractivity contribution in [2.45, 2.75) is 155 Å². The number of rotatable bonds is 9. The molecule has 3 N–H and O–H groups in total. The second kappa shape index (κ2) is 53.6. The van der Waals surface area contributed by atoms with Crippen LogP contribution in [-0.4, -0.2) is 81.4 Å². The summed E-state index contributed by atoms with van der Waals surface area (Å²) in [5.74, 6) is 0. The van der Waals surface area contributed by atoms with Gasteiger partial charge in [0, 0.05) is 102 Å². The van der Waals surface area contributed by atoms with E-state index in [1.165, 1.54) is 122 Å². The van der Waals surface area contributed by atoms with Crippen molar-refractivity contribution < 1.29 is 84.9 Å². The summed E-state index contributed by atoms with van der Waals surface area (Å²) in [5.41, 5.74) is 28.3. The molecule has 127 heavy (non-hydrogen) atoms. The molecule has 0 unspecified atom stereocenters. The molecule has 0 spiro atoms. The van der Waals surface area contributed by atoms with Crippen molar-refractivity contribution in [2.24, 2.45) is 0 Å². The van der Waals surface area contributed by atoms with E-state index >= 15 is 0 Å². The molecule has 12 aromatic rings. The maximum Gasteiger partial charge on any atom is 1.00 e. The van der Waals surface area contributed by atoms with Gasteiger partial charge < -0.3 is 39.8 Å². The maximum absolute atomic E-state index is 11.5. The number of anilines is 3. The number of hydrogen-bond donors (Lipinski definition) is 2. The molecule has 666 valence electrons. The minimum absolute atomic E-state index is 0. The summed E-state index contributed by atoms with van der Waals surface area (Å²) >= 11 is 23.4. The third-order valence-electron chi connectivity index (χ3n) is 20.9. The number of benzene rings is 12. The molecule has 2 fully saturated rings. The van der Waals surface area contributed by atoms with Crippen molar-refractivity contribution in [1.82, 2.24) is 0 Å². The minimum Gasteiger partial charge on any atom is -0.850 e. The Morgan fingerprint density at radius 2 is 0.701 bits per heavy atom. The van der Waals surface area contributed by atoms with Crippen LogP contribution in [0.3, 0.4) is 0 Å². The quantitative estimate of drug-likeness (QED) is 0.0360. The molecule has 2 aliphatic heterocycles. The zero-order chi connectivity index (χ0) is 93.4. The third kappa shape index (κ3) is 36.9. The fourth-order valence-corrected chi connectivity index (χ4v) is 20.1. The maximum atomic E-state index is 11.5. The molecule has 0 radical (unpaired) electrons. The second-order valence-electron chi connectivity index (χ2n) is 35.8. The first-order chi connectivity index (χ1) is 59.4. The van der Waals surface area contributed by atoms with Gasteiger partial charge in [-0.3, -0.25) is 4.79 Å². The van der Waals surface area contributed by atoms with Crippen molar-refractivity contribution >= 4 is 201 Å². The van der Waals surface area contributed by atoms with E-state index in [0.717, 1.165) is 83.3 Å². The molecule has 0 bridgehead atoms. The van der Waals surface area contributed by atoms with Crippen LogP contribution in [0.1, 0.15) is 148 Å². The Balaban J connectivity index is 0.000000258. The van der Waals surface area contributed by atoms with E-state index < -0.39 is 28.9 Å². The van der Waals surface area contributed by atoms with Gasteiger partial charge in [-0.15, -0.1) is 5.60 Å². The van der Waals surface area contributed by atoms with Crippen molar-refractivity contribution in [3.8, 4) is 33.4 Å². The number of nitrogen functional groups attached to an aromatic ring is 1. The summed E-state index contributed by atoms with van der Waals surface area (Å²) < 4.78 is 29.4. The first-order valence-corrected chi connectivity index (χ1v) is 57.6. The molecular weight excluding hydrogens is 2160 g/mol. The average molecular weight is 2280 g/mol. The summed E-state index contributed by atoms with van der Waals surface area (Å²) in [4.78, 5) is 26.9. The number of carbonyl (C=O) groups excluding carboxylic acids is 3. The van der Waals surface area contributed by atoms with Crippen LogP contribution < -0.4 is 77.9 Å². The predicted octanol–water partition coefficient (Wildman–Crippen LogP) is 27.8. The molecule has 0 atom stereocenters. The van der Waals surface area contributed by atoms with Crippen LogP contribution in [0.15, 0.2) is 294 Å². The van der Waals surface area contributed by atoms with Gasteiger partial charge in [0.1, 0.15) is 19.9 Å². The number of halogens is 7. The normalized spacial score (nSPS) is 13.6. The summed E-state index contributed by atoms with van der Waals surface area (Å²) in [6.07, 6.45) is 11.1. The Morgan fingerprint density at radius 3 is 1.04 bits per heavy atom. The van der Waals surface area contributed by atoms with E-state index in [0.29, 0.717) is 6.16 Å². The van der Waals surface area contributed by atoms with Crippen molar-refractivity contribution in [3.63, 3.8) is 0 Å². The van der Waals surface area contributed by atoms with Gasteiger partial charge >= 0.3 is 51.4 Å². The first kappa shape index (κ1) is 112. The van der Waals surface area contributed by atoms with Crippen LogP contribution in [0.2, 0.25) is 39.3 Å². The topological polar surface area (TPSA) is 148 Å².